The van der Waals surface area contributed by atoms with Crippen LogP contribution in [0.25, 0.3) is 6.08 Å². The number of carbonyl (C=O) groups is 2. The van der Waals surface area contributed by atoms with Crippen LogP contribution in [0, 0.1) is 17.8 Å². The van der Waals surface area contributed by atoms with Crippen molar-refractivity contribution in [3.05, 3.63) is 46.6 Å². The highest BCUT2D eigenvalue weighted by Crippen LogP contribution is 2.66. The molecular formula is C31H37NO6. The van der Waals surface area contributed by atoms with Gasteiger partial charge in [0.05, 0.1) is 12.2 Å². The summed E-state index contributed by atoms with van der Waals surface area (Å²) in [7, 11) is 0. The first-order valence-electron chi connectivity index (χ1n) is 13.8. The number of fused-ring (bicyclic) bond motifs is 3. The van der Waals surface area contributed by atoms with Crippen molar-refractivity contribution in [2.45, 2.75) is 64.8 Å². The minimum absolute atomic E-state index is 0.0112. The van der Waals surface area contributed by atoms with Gasteiger partial charge in [-0.05, 0) is 58.9 Å². The van der Waals surface area contributed by atoms with E-state index in [1.807, 2.05) is 52.0 Å². The third-order valence-corrected chi connectivity index (χ3v) is 9.24. The number of carbonyl (C=O) groups excluding carboxylic acids is 2. The molecule has 2 fully saturated rings. The van der Waals surface area contributed by atoms with Gasteiger partial charge in [0.25, 0.3) is 0 Å². The van der Waals surface area contributed by atoms with E-state index in [1.165, 1.54) is 6.07 Å². The Morgan fingerprint density at radius 2 is 1.92 bits per heavy atom. The lowest BCUT2D eigenvalue weighted by Gasteiger charge is -2.59. The predicted octanol–water partition coefficient (Wildman–Crippen LogP) is 4.73. The normalized spacial score (nSPS) is 33.2. The van der Waals surface area contributed by atoms with Gasteiger partial charge in [0.15, 0.2) is 22.8 Å². The van der Waals surface area contributed by atoms with Crippen LogP contribution in [0.5, 0.6) is 17.2 Å². The number of rotatable bonds is 6. The van der Waals surface area contributed by atoms with Gasteiger partial charge in [-0.15, -0.1) is 0 Å². The van der Waals surface area contributed by atoms with E-state index in [-0.39, 0.29) is 40.5 Å². The summed E-state index contributed by atoms with van der Waals surface area (Å²) in [5, 5.41) is 11.0. The highest BCUT2D eigenvalue weighted by atomic mass is 16.6. The third kappa shape index (κ3) is 3.15. The highest BCUT2D eigenvalue weighted by molar-refractivity contribution is 6.18. The Hall–Kier alpha value is -2.90. The molecule has 1 N–H and O–H groups in total. The molecule has 3 aliphatic carbocycles. The summed E-state index contributed by atoms with van der Waals surface area (Å²) in [5.74, 6) is -0.414. The first-order valence-corrected chi connectivity index (χ1v) is 13.8. The number of phenols is 1. The maximum atomic E-state index is 14.4. The fourth-order valence-corrected chi connectivity index (χ4v) is 7.31. The first-order chi connectivity index (χ1) is 18.0. The molecule has 1 unspecified atom stereocenters. The topological polar surface area (TPSA) is 85.3 Å². The number of benzene rings is 1. The molecule has 5 atom stereocenters. The van der Waals surface area contributed by atoms with Crippen LogP contribution in [-0.4, -0.2) is 64.6 Å². The second-order valence-electron chi connectivity index (χ2n) is 12.1. The van der Waals surface area contributed by atoms with Crippen LogP contribution < -0.4 is 9.47 Å². The fourth-order valence-electron chi connectivity index (χ4n) is 7.31. The molecule has 1 spiro atoms. The Morgan fingerprint density at radius 3 is 2.61 bits per heavy atom. The quantitative estimate of drug-likeness (QED) is 0.544. The average Bonchev–Trinajstić information content (AvgIpc) is 3.14. The van der Waals surface area contributed by atoms with Gasteiger partial charge in [-0.1, -0.05) is 31.6 Å². The van der Waals surface area contributed by atoms with Gasteiger partial charge < -0.3 is 24.2 Å². The van der Waals surface area contributed by atoms with Gasteiger partial charge in [-0.3, -0.25) is 9.59 Å². The van der Waals surface area contributed by atoms with E-state index in [1.54, 1.807) is 0 Å². The van der Waals surface area contributed by atoms with Gasteiger partial charge >= 0.3 is 0 Å². The maximum Gasteiger partial charge on any atom is 0.200 e. The molecule has 6 aliphatic rings. The van der Waals surface area contributed by atoms with Crippen LogP contribution in [0.1, 0.15) is 63.9 Å². The van der Waals surface area contributed by atoms with E-state index in [4.69, 9.17) is 14.2 Å². The molecule has 3 aliphatic heterocycles. The SMILES string of the molecule is CCN(CC)C[C@@H]1[C@H]2COC3(CC=C(C)C)C(=O)[C@@H]1C=C1C(=O)c4c(O)cc5c(c4O[C@]123)C=CC(C)(C)O5. The number of nitrogens with zero attached hydrogens (tertiary/aromatic N) is 1. The Balaban J connectivity index is 1.59. The van der Waals surface area contributed by atoms with Crippen molar-refractivity contribution in [1.29, 1.82) is 0 Å². The van der Waals surface area contributed by atoms with Gasteiger partial charge in [-0.2, -0.15) is 0 Å². The van der Waals surface area contributed by atoms with Crippen molar-refractivity contribution in [3.8, 4) is 17.2 Å². The number of ketones is 2. The summed E-state index contributed by atoms with van der Waals surface area (Å²) in [6.45, 7) is 14.9. The third-order valence-electron chi connectivity index (χ3n) is 9.24. The number of hydrogen-bond donors (Lipinski definition) is 1. The molecule has 7 rings (SSSR count). The monoisotopic (exact) mass is 519 g/mol. The highest BCUT2D eigenvalue weighted by Gasteiger charge is 2.79. The van der Waals surface area contributed by atoms with Crippen molar-refractivity contribution < 1.29 is 28.9 Å². The summed E-state index contributed by atoms with van der Waals surface area (Å²) in [4.78, 5) is 30.9. The summed E-state index contributed by atoms with van der Waals surface area (Å²) >= 11 is 0. The Kier molecular flexibility index (Phi) is 5.54. The molecule has 0 radical (unpaired) electrons. The average molecular weight is 520 g/mol. The number of Topliss-reactive ketones (excluding diaryl/α,β-unsaturated/α-hetero) is 2. The molecule has 0 amide bonds. The van der Waals surface area contributed by atoms with E-state index in [0.717, 1.165) is 25.2 Å². The van der Waals surface area contributed by atoms with E-state index in [9.17, 15) is 14.7 Å². The van der Waals surface area contributed by atoms with E-state index >= 15 is 0 Å². The van der Waals surface area contributed by atoms with Crippen molar-refractivity contribution in [2.75, 3.05) is 26.2 Å². The Morgan fingerprint density at radius 1 is 1.18 bits per heavy atom. The number of ether oxygens (including phenoxy) is 3. The van der Waals surface area contributed by atoms with Crippen molar-refractivity contribution in [1.82, 2.24) is 4.90 Å². The molecule has 1 aromatic rings. The summed E-state index contributed by atoms with van der Waals surface area (Å²) < 4.78 is 19.7. The molecule has 3 heterocycles. The molecular weight excluding hydrogens is 482 g/mol. The van der Waals surface area contributed by atoms with Gasteiger partial charge in [0, 0.05) is 36.4 Å². The zero-order chi connectivity index (χ0) is 27.2. The first kappa shape index (κ1) is 25.4. The lowest BCUT2D eigenvalue weighted by molar-refractivity contribution is -0.171. The minimum Gasteiger partial charge on any atom is -0.507 e. The number of hydrogen-bond acceptors (Lipinski definition) is 7. The minimum atomic E-state index is -1.30. The molecule has 202 valence electrons. The Bertz CT molecular complexity index is 1330. The second-order valence-corrected chi connectivity index (χ2v) is 12.1. The number of allylic oxidation sites excluding steroid dienone is 2. The van der Waals surface area contributed by atoms with Crippen LogP contribution in [0.15, 0.2) is 35.4 Å². The molecule has 7 heteroatoms. The zero-order valence-electron chi connectivity index (χ0n) is 23.1. The molecule has 1 saturated heterocycles. The molecule has 1 aromatic carbocycles. The standard InChI is InChI=1S/C31H37NO6/c1-7-32(8-2)15-20-19-13-21-26(34)25-23(33)14-24-18(10-11-29(5,6)37-24)27(25)38-31(21)22(20)16-36-30(31,28(19)35)12-9-17(3)4/h9-11,13-14,19-20,22,33H,7-8,12,15-16H2,1-6H3/t19-,20+,22-,30?,31-/m1/s1. The molecule has 0 aromatic heterocycles. The largest absolute Gasteiger partial charge is 0.507 e. The van der Waals surface area contributed by atoms with Crippen LogP contribution in [0.2, 0.25) is 0 Å². The van der Waals surface area contributed by atoms with E-state index in [2.05, 4.69) is 18.7 Å². The van der Waals surface area contributed by atoms with Crippen LogP contribution in [0.3, 0.4) is 0 Å². The molecule has 38 heavy (non-hydrogen) atoms. The molecule has 7 nitrogen and oxygen atoms in total. The van der Waals surface area contributed by atoms with E-state index < -0.39 is 22.7 Å². The summed E-state index contributed by atoms with van der Waals surface area (Å²) in [6.07, 6.45) is 7.99. The Labute approximate surface area is 224 Å². The van der Waals surface area contributed by atoms with E-state index in [0.29, 0.717) is 29.9 Å². The van der Waals surface area contributed by atoms with Crippen LogP contribution >= 0.6 is 0 Å². The lowest BCUT2D eigenvalue weighted by Crippen LogP contribution is -2.74. The smallest absolute Gasteiger partial charge is 0.200 e. The summed E-state index contributed by atoms with van der Waals surface area (Å²) in [6, 6.07) is 1.50. The maximum absolute atomic E-state index is 14.4. The van der Waals surface area contributed by atoms with Crippen molar-refractivity contribution in [2.24, 2.45) is 17.8 Å². The molecule has 1 saturated carbocycles. The second kappa shape index (κ2) is 8.30. The number of phenolic OH excluding ortho intramolecular Hbond substituents is 1. The lowest BCUT2D eigenvalue weighted by atomic mass is 9.49. The van der Waals surface area contributed by atoms with Gasteiger partial charge in [0.1, 0.15) is 28.4 Å². The molecule has 4 bridgehead atoms. The fraction of sp³-hybridized carbons (Fsp3) is 0.548. The zero-order valence-corrected chi connectivity index (χ0v) is 23.1. The van der Waals surface area contributed by atoms with Gasteiger partial charge in [0.2, 0.25) is 0 Å². The van der Waals surface area contributed by atoms with Crippen molar-refractivity contribution >= 4 is 17.6 Å². The summed E-state index contributed by atoms with van der Waals surface area (Å²) in [5.41, 5.74) is -0.884. The van der Waals surface area contributed by atoms with Crippen molar-refractivity contribution in [3.63, 3.8) is 0 Å². The number of aromatic hydroxyl groups is 1. The van der Waals surface area contributed by atoms with Gasteiger partial charge in [-0.25, -0.2) is 0 Å². The predicted molar refractivity (Wildman–Crippen MR) is 144 cm³/mol. The van der Waals surface area contributed by atoms with Crippen LogP contribution in [0.4, 0.5) is 0 Å². The van der Waals surface area contributed by atoms with Crippen LogP contribution in [-0.2, 0) is 9.53 Å².